The van der Waals surface area contributed by atoms with E-state index in [2.05, 4.69) is 10.6 Å². The lowest BCUT2D eigenvalue weighted by Gasteiger charge is -2.18. The van der Waals surface area contributed by atoms with Gasteiger partial charge >= 0.3 is 6.03 Å². The third-order valence-electron chi connectivity index (χ3n) is 3.41. The number of methoxy groups -OCH3 is 2. The number of hydrogen-bond acceptors (Lipinski definition) is 4. The smallest absolute Gasteiger partial charge is 0.319 e. The molecular formula is C17H19ClN2O4. The first-order valence-electron chi connectivity index (χ1n) is 7.24. The Morgan fingerprint density at radius 3 is 2.42 bits per heavy atom. The molecule has 0 radical (unpaired) electrons. The van der Waals surface area contributed by atoms with Gasteiger partial charge in [-0.25, -0.2) is 4.79 Å². The molecule has 2 aromatic rings. The maximum atomic E-state index is 12.2. The summed E-state index contributed by atoms with van der Waals surface area (Å²) in [7, 11) is 2.95. The van der Waals surface area contributed by atoms with Gasteiger partial charge in [0.15, 0.2) is 0 Å². The van der Waals surface area contributed by atoms with Crippen LogP contribution in [0.25, 0.3) is 0 Å². The van der Waals surface area contributed by atoms with E-state index in [4.69, 9.17) is 21.1 Å². The standard InChI is InChI=1S/C17H19ClN2O4/c1-23-15-9-13(16(24-2)8-12(15)18)19-17(22)20-14(10-21)11-6-4-3-5-7-11/h3-9,14,21H,10H2,1-2H3,(H2,19,20,22)/t14-/m1/s1. The average molecular weight is 351 g/mol. The van der Waals surface area contributed by atoms with Crippen LogP contribution in [-0.4, -0.2) is 32.0 Å². The highest BCUT2D eigenvalue weighted by Crippen LogP contribution is 2.35. The predicted octanol–water partition coefficient (Wildman–Crippen LogP) is 3.21. The normalized spacial score (nSPS) is 11.5. The van der Waals surface area contributed by atoms with Crippen LogP contribution in [-0.2, 0) is 0 Å². The van der Waals surface area contributed by atoms with Crippen LogP contribution in [0.4, 0.5) is 10.5 Å². The van der Waals surface area contributed by atoms with Gasteiger partial charge in [0.05, 0.1) is 37.6 Å². The Balaban J connectivity index is 2.14. The van der Waals surface area contributed by atoms with Crippen LogP contribution in [0.1, 0.15) is 11.6 Å². The highest BCUT2D eigenvalue weighted by molar-refractivity contribution is 6.32. The molecule has 128 valence electrons. The number of hydrogen-bond donors (Lipinski definition) is 3. The lowest BCUT2D eigenvalue weighted by Crippen LogP contribution is -2.34. The molecule has 0 saturated heterocycles. The van der Waals surface area contributed by atoms with Gasteiger partial charge in [-0.15, -0.1) is 0 Å². The second-order valence-electron chi connectivity index (χ2n) is 4.93. The first-order valence-corrected chi connectivity index (χ1v) is 7.61. The molecule has 2 aromatic carbocycles. The van der Waals surface area contributed by atoms with Gasteiger partial charge in [-0.2, -0.15) is 0 Å². The Kier molecular flexibility index (Phi) is 6.28. The summed E-state index contributed by atoms with van der Waals surface area (Å²) in [6.45, 7) is -0.224. The van der Waals surface area contributed by atoms with E-state index in [1.165, 1.54) is 14.2 Å². The zero-order valence-electron chi connectivity index (χ0n) is 13.4. The molecule has 0 aromatic heterocycles. The van der Waals surface area contributed by atoms with Crippen molar-refractivity contribution in [3.8, 4) is 11.5 Å². The lowest BCUT2D eigenvalue weighted by molar-refractivity contribution is 0.225. The molecule has 0 unspecified atom stereocenters. The topological polar surface area (TPSA) is 79.8 Å². The molecule has 0 aliphatic heterocycles. The Bertz CT molecular complexity index is 694. The van der Waals surface area contributed by atoms with Gasteiger partial charge < -0.3 is 25.2 Å². The number of aliphatic hydroxyl groups excluding tert-OH is 1. The number of carbonyl (C=O) groups is 1. The van der Waals surface area contributed by atoms with E-state index in [0.717, 1.165) is 5.56 Å². The molecular weight excluding hydrogens is 332 g/mol. The summed E-state index contributed by atoms with van der Waals surface area (Å²) in [4.78, 5) is 12.2. The Morgan fingerprint density at radius 1 is 1.17 bits per heavy atom. The van der Waals surface area contributed by atoms with E-state index in [9.17, 15) is 9.90 Å². The fourth-order valence-electron chi connectivity index (χ4n) is 2.19. The molecule has 0 heterocycles. The van der Waals surface area contributed by atoms with Crippen LogP contribution < -0.4 is 20.1 Å². The van der Waals surface area contributed by atoms with Gasteiger partial charge in [-0.1, -0.05) is 41.9 Å². The second kappa shape index (κ2) is 8.42. The monoisotopic (exact) mass is 350 g/mol. The molecule has 0 aliphatic rings. The SMILES string of the molecule is COc1cc(NC(=O)N[C@H](CO)c2ccccc2)c(OC)cc1Cl. The number of halogens is 1. The van der Waals surface area contributed by atoms with Crippen molar-refractivity contribution >= 4 is 23.3 Å². The minimum Gasteiger partial charge on any atom is -0.495 e. The molecule has 2 amide bonds. The number of anilines is 1. The zero-order valence-corrected chi connectivity index (χ0v) is 14.1. The van der Waals surface area contributed by atoms with E-state index < -0.39 is 12.1 Å². The maximum absolute atomic E-state index is 12.2. The summed E-state index contributed by atoms with van der Waals surface area (Å²) >= 11 is 6.04. The Hall–Kier alpha value is -2.44. The van der Waals surface area contributed by atoms with Gasteiger partial charge in [-0.3, -0.25) is 0 Å². The molecule has 0 aliphatic carbocycles. The summed E-state index contributed by atoms with van der Waals surface area (Å²) in [5, 5.41) is 15.3. The number of carbonyl (C=O) groups excluding carboxylic acids is 1. The zero-order chi connectivity index (χ0) is 17.5. The Labute approximate surface area is 145 Å². The largest absolute Gasteiger partial charge is 0.495 e. The second-order valence-corrected chi connectivity index (χ2v) is 5.34. The van der Waals surface area contributed by atoms with Gasteiger partial charge in [0.1, 0.15) is 11.5 Å². The summed E-state index contributed by atoms with van der Waals surface area (Å²) in [5.41, 5.74) is 1.21. The van der Waals surface area contributed by atoms with Gasteiger partial charge in [0, 0.05) is 12.1 Å². The van der Waals surface area contributed by atoms with Crippen LogP contribution in [0.5, 0.6) is 11.5 Å². The van der Waals surface area contributed by atoms with Crippen LogP contribution in [0, 0.1) is 0 Å². The van der Waals surface area contributed by atoms with E-state index >= 15 is 0 Å². The third-order valence-corrected chi connectivity index (χ3v) is 3.71. The van der Waals surface area contributed by atoms with Crippen LogP contribution in [0.15, 0.2) is 42.5 Å². The minimum absolute atomic E-state index is 0.224. The fourth-order valence-corrected chi connectivity index (χ4v) is 2.43. The van der Waals surface area contributed by atoms with Crippen molar-refractivity contribution in [3.63, 3.8) is 0 Å². The highest BCUT2D eigenvalue weighted by atomic mass is 35.5. The van der Waals surface area contributed by atoms with Crippen molar-refractivity contribution in [2.75, 3.05) is 26.1 Å². The maximum Gasteiger partial charge on any atom is 0.319 e. The molecule has 1 atom stereocenters. The van der Waals surface area contributed by atoms with Crippen LogP contribution in [0.2, 0.25) is 5.02 Å². The summed E-state index contributed by atoms with van der Waals surface area (Å²) in [5.74, 6) is 0.811. The molecule has 0 bridgehead atoms. The van der Waals surface area contributed by atoms with Gasteiger partial charge in [-0.05, 0) is 5.56 Å². The van der Waals surface area contributed by atoms with Crippen LogP contribution in [0.3, 0.4) is 0 Å². The molecule has 2 rings (SSSR count). The number of benzene rings is 2. The molecule has 0 fully saturated rings. The fraction of sp³-hybridized carbons (Fsp3) is 0.235. The quantitative estimate of drug-likeness (QED) is 0.747. The molecule has 7 heteroatoms. The first-order chi connectivity index (χ1) is 11.6. The lowest BCUT2D eigenvalue weighted by atomic mass is 10.1. The average Bonchev–Trinajstić information content (AvgIpc) is 2.61. The number of nitrogens with one attached hydrogen (secondary N) is 2. The van der Waals surface area contributed by atoms with Crippen molar-refractivity contribution < 1.29 is 19.4 Å². The first kappa shape index (κ1) is 17.9. The summed E-state index contributed by atoms with van der Waals surface area (Å²) in [6, 6.07) is 11.3. The molecule has 0 saturated carbocycles. The molecule has 3 N–H and O–H groups in total. The third kappa shape index (κ3) is 4.31. The van der Waals surface area contributed by atoms with Crippen molar-refractivity contribution in [2.45, 2.75) is 6.04 Å². The molecule has 0 spiro atoms. The number of urea groups is 1. The summed E-state index contributed by atoms with van der Waals surface area (Å²) < 4.78 is 10.3. The van der Waals surface area contributed by atoms with Crippen molar-refractivity contribution in [1.82, 2.24) is 5.32 Å². The van der Waals surface area contributed by atoms with Crippen molar-refractivity contribution in [3.05, 3.63) is 53.1 Å². The van der Waals surface area contributed by atoms with E-state index in [-0.39, 0.29) is 6.61 Å². The van der Waals surface area contributed by atoms with E-state index in [1.54, 1.807) is 12.1 Å². The van der Waals surface area contributed by atoms with E-state index in [0.29, 0.717) is 22.2 Å². The number of ether oxygens (including phenoxy) is 2. The van der Waals surface area contributed by atoms with Crippen molar-refractivity contribution in [1.29, 1.82) is 0 Å². The van der Waals surface area contributed by atoms with Gasteiger partial charge in [0.25, 0.3) is 0 Å². The van der Waals surface area contributed by atoms with E-state index in [1.807, 2.05) is 30.3 Å². The molecule has 24 heavy (non-hydrogen) atoms. The minimum atomic E-state index is -0.522. The number of aliphatic hydroxyl groups is 1. The van der Waals surface area contributed by atoms with Crippen molar-refractivity contribution in [2.24, 2.45) is 0 Å². The highest BCUT2D eigenvalue weighted by Gasteiger charge is 2.16. The number of amides is 2. The number of rotatable bonds is 6. The summed E-state index contributed by atoms with van der Waals surface area (Å²) in [6.07, 6.45) is 0. The molecule has 6 nitrogen and oxygen atoms in total. The van der Waals surface area contributed by atoms with Gasteiger partial charge in [0.2, 0.25) is 0 Å². The van der Waals surface area contributed by atoms with Crippen LogP contribution >= 0.6 is 11.6 Å². The predicted molar refractivity (Wildman–Crippen MR) is 93.0 cm³/mol. The Morgan fingerprint density at radius 2 is 1.83 bits per heavy atom.